The van der Waals surface area contributed by atoms with Gasteiger partial charge >= 0.3 is 0 Å². The first kappa shape index (κ1) is 12.0. The summed E-state index contributed by atoms with van der Waals surface area (Å²) in [6.45, 7) is 1.77. The minimum Gasteiger partial charge on any atom is -0.496 e. The second-order valence-corrected chi connectivity index (χ2v) is 4.10. The van der Waals surface area contributed by atoms with Crippen LogP contribution in [-0.2, 0) is 6.61 Å². The van der Waals surface area contributed by atoms with Gasteiger partial charge in [0.05, 0.1) is 12.8 Å². The summed E-state index contributed by atoms with van der Waals surface area (Å²) in [6, 6.07) is 5.36. The third-order valence-corrected chi connectivity index (χ3v) is 2.74. The number of aromatic nitrogens is 2. The number of imidazole rings is 1. The van der Waals surface area contributed by atoms with Crippen LogP contribution >= 0.6 is 11.6 Å². The Morgan fingerprint density at radius 1 is 1.47 bits per heavy atom. The second kappa shape index (κ2) is 4.77. The largest absolute Gasteiger partial charge is 0.496 e. The monoisotopic (exact) mass is 252 g/mol. The quantitative estimate of drug-likeness (QED) is 0.883. The molecular formula is C12H13ClN2O2. The fourth-order valence-corrected chi connectivity index (χ4v) is 1.90. The highest BCUT2D eigenvalue weighted by molar-refractivity contribution is 6.31. The number of ether oxygens (including phenoxy) is 1. The Balaban J connectivity index is 2.58. The lowest BCUT2D eigenvalue weighted by Gasteiger charge is -2.07. The van der Waals surface area contributed by atoms with Crippen molar-refractivity contribution >= 4 is 11.6 Å². The number of nitrogens with zero attached hydrogens (tertiary/aromatic N) is 1. The number of benzene rings is 1. The van der Waals surface area contributed by atoms with E-state index < -0.39 is 0 Å². The van der Waals surface area contributed by atoms with Gasteiger partial charge in [-0.05, 0) is 25.1 Å². The molecule has 0 spiro atoms. The summed E-state index contributed by atoms with van der Waals surface area (Å²) in [6.07, 6.45) is 0. The van der Waals surface area contributed by atoms with E-state index in [9.17, 15) is 0 Å². The third kappa shape index (κ3) is 2.28. The number of aryl methyl sites for hydroxylation is 1. The number of aliphatic hydroxyl groups is 1. The van der Waals surface area contributed by atoms with Crippen molar-refractivity contribution in [2.24, 2.45) is 0 Å². The molecule has 1 aromatic heterocycles. The Morgan fingerprint density at radius 3 is 2.82 bits per heavy atom. The van der Waals surface area contributed by atoms with Crippen molar-refractivity contribution in [2.75, 3.05) is 7.11 Å². The highest BCUT2D eigenvalue weighted by Gasteiger charge is 2.13. The van der Waals surface area contributed by atoms with Crippen LogP contribution in [0, 0.1) is 6.92 Å². The number of rotatable bonds is 3. The predicted octanol–water partition coefficient (Wildman–Crippen LogP) is 2.54. The van der Waals surface area contributed by atoms with Crippen LogP contribution in [0.25, 0.3) is 11.3 Å². The first-order valence-electron chi connectivity index (χ1n) is 5.16. The lowest BCUT2D eigenvalue weighted by Crippen LogP contribution is -1.90. The van der Waals surface area contributed by atoms with E-state index in [0.29, 0.717) is 16.6 Å². The zero-order valence-corrected chi connectivity index (χ0v) is 10.4. The molecule has 2 N–H and O–H groups in total. The van der Waals surface area contributed by atoms with Crippen molar-refractivity contribution in [3.05, 3.63) is 34.7 Å². The topological polar surface area (TPSA) is 58.1 Å². The van der Waals surface area contributed by atoms with Gasteiger partial charge in [0.15, 0.2) is 0 Å². The molecule has 0 aliphatic rings. The molecule has 4 nitrogen and oxygen atoms in total. The fourth-order valence-electron chi connectivity index (χ4n) is 1.72. The Hall–Kier alpha value is -1.52. The number of methoxy groups -OCH3 is 1. The lowest BCUT2D eigenvalue weighted by atomic mass is 10.1. The van der Waals surface area contributed by atoms with Crippen molar-refractivity contribution in [2.45, 2.75) is 13.5 Å². The summed E-state index contributed by atoms with van der Waals surface area (Å²) < 4.78 is 5.28. The number of aromatic amines is 1. The van der Waals surface area contributed by atoms with E-state index in [2.05, 4.69) is 9.97 Å². The molecule has 0 bridgehead atoms. The average molecular weight is 253 g/mol. The Bertz CT molecular complexity index is 537. The Kier molecular flexibility index (Phi) is 3.36. The van der Waals surface area contributed by atoms with Crippen LogP contribution in [0.1, 0.15) is 11.5 Å². The standard InChI is InChI=1S/C12H13ClN2O2/c1-7-12(15-11(6-16)14-7)9-5-8(13)3-4-10(9)17-2/h3-5,16H,6H2,1-2H3,(H,14,15). The molecule has 2 aromatic rings. The summed E-state index contributed by atoms with van der Waals surface area (Å²) in [5, 5.41) is 9.67. The molecule has 17 heavy (non-hydrogen) atoms. The zero-order valence-electron chi connectivity index (χ0n) is 9.62. The average Bonchev–Trinajstić information content (AvgIpc) is 2.70. The van der Waals surface area contributed by atoms with Crippen LogP contribution in [-0.4, -0.2) is 22.2 Å². The van der Waals surface area contributed by atoms with Crippen molar-refractivity contribution in [1.29, 1.82) is 0 Å². The zero-order chi connectivity index (χ0) is 12.4. The number of hydrogen-bond acceptors (Lipinski definition) is 3. The van der Waals surface area contributed by atoms with Crippen molar-refractivity contribution in [3.8, 4) is 17.0 Å². The Labute approximate surface area is 104 Å². The van der Waals surface area contributed by atoms with Gasteiger partial charge in [0.1, 0.15) is 18.2 Å². The number of aliphatic hydroxyl groups excluding tert-OH is 1. The molecule has 0 amide bonds. The van der Waals surface area contributed by atoms with E-state index in [1.807, 2.05) is 6.92 Å². The van der Waals surface area contributed by atoms with Crippen LogP contribution < -0.4 is 4.74 Å². The number of nitrogens with one attached hydrogen (secondary N) is 1. The van der Waals surface area contributed by atoms with E-state index in [1.165, 1.54) is 0 Å². The highest BCUT2D eigenvalue weighted by Crippen LogP contribution is 2.33. The maximum absolute atomic E-state index is 9.05. The molecule has 90 valence electrons. The summed E-state index contributed by atoms with van der Waals surface area (Å²) in [4.78, 5) is 7.31. The van der Waals surface area contributed by atoms with Crippen LogP contribution in [0.3, 0.4) is 0 Å². The summed E-state index contributed by atoms with van der Waals surface area (Å²) in [5.41, 5.74) is 2.43. The molecule has 1 heterocycles. The van der Waals surface area contributed by atoms with Crippen LogP contribution in [0.15, 0.2) is 18.2 Å². The molecule has 1 aromatic carbocycles. The molecular weight excluding hydrogens is 240 g/mol. The summed E-state index contributed by atoms with van der Waals surface area (Å²) in [5.74, 6) is 1.23. The normalized spacial score (nSPS) is 10.6. The molecule has 0 aliphatic carbocycles. The van der Waals surface area contributed by atoms with Crippen molar-refractivity contribution in [3.63, 3.8) is 0 Å². The number of hydrogen-bond donors (Lipinski definition) is 2. The molecule has 5 heteroatoms. The third-order valence-electron chi connectivity index (χ3n) is 2.50. The number of H-pyrrole nitrogens is 1. The van der Waals surface area contributed by atoms with Gasteiger partial charge in [0.25, 0.3) is 0 Å². The van der Waals surface area contributed by atoms with Crippen LogP contribution in [0.5, 0.6) is 5.75 Å². The second-order valence-electron chi connectivity index (χ2n) is 3.66. The lowest BCUT2D eigenvalue weighted by molar-refractivity contribution is 0.272. The van der Waals surface area contributed by atoms with Gasteiger partial charge in [-0.1, -0.05) is 11.6 Å². The first-order chi connectivity index (χ1) is 8.15. The van der Waals surface area contributed by atoms with Gasteiger partial charge in [-0.2, -0.15) is 0 Å². The maximum Gasteiger partial charge on any atom is 0.132 e. The van der Waals surface area contributed by atoms with E-state index in [-0.39, 0.29) is 6.61 Å². The van der Waals surface area contributed by atoms with E-state index >= 15 is 0 Å². The predicted molar refractivity (Wildman–Crippen MR) is 66.2 cm³/mol. The van der Waals surface area contributed by atoms with E-state index in [4.69, 9.17) is 21.4 Å². The van der Waals surface area contributed by atoms with Gasteiger partial charge in [0.2, 0.25) is 0 Å². The fraction of sp³-hybridized carbons (Fsp3) is 0.250. The van der Waals surface area contributed by atoms with E-state index in [0.717, 1.165) is 17.0 Å². The van der Waals surface area contributed by atoms with Gasteiger partial charge in [-0.3, -0.25) is 0 Å². The molecule has 0 saturated heterocycles. The summed E-state index contributed by atoms with van der Waals surface area (Å²) in [7, 11) is 1.60. The van der Waals surface area contributed by atoms with Crippen LogP contribution in [0.2, 0.25) is 5.02 Å². The first-order valence-corrected chi connectivity index (χ1v) is 5.53. The summed E-state index contributed by atoms with van der Waals surface area (Å²) >= 11 is 5.97. The molecule has 0 saturated carbocycles. The molecule has 0 radical (unpaired) electrons. The molecule has 0 atom stereocenters. The van der Waals surface area contributed by atoms with Gasteiger partial charge in [-0.25, -0.2) is 4.98 Å². The van der Waals surface area contributed by atoms with Gasteiger partial charge in [0, 0.05) is 16.3 Å². The van der Waals surface area contributed by atoms with Gasteiger partial charge < -0.3 is 14.8 Å². The van der Waals surface area contributed by atoms with Crippen molar-refractivity contribution < 1.29 is 9.84 Å². The number of halogens is 1. The molecule has 0 fully saturated rings. The minimum atomic E-state index is -0.121. The molecule has 0 aliphatic heterocycles. The Morgan fingerprint density at radius 2 is 2.24 bits per heavy atom. The van der Waals surface area contributed by atoms with Crippen molar-refractivity contribution in [1.82, 2.24) is 9.97 Å². The minimum absolute atomic E-state index is 0.121. The van der Waals surface area contributed by atoms with E-state index in [1.54, 1.807) is 25.3 Å². The highest BCUT2D eigenvalue weighted by atomic mass is 35.5. The SMILES string of the molecule is COc1ccc(Cl)cc1-c1nc(CO)[nH]c1C. The molecule has 0 unspecified atom stereocenters. The smallest absolute Gasteiger partial charge is 0.132 e. The molecule has 2 rings (SSSR count). The maximum atomic E-state index is 9.05. The van der Waals surface area contributed by atoms with Gasteiger partial charge in [-0.15, -0.1) is 0 Å². The van der Waals surface area contributed by atoms with Crippen LogP contribution in [0.4, 0.5) is 0 Å².